The van der Waals surface area contributed by atoms with E-state index in [0.29, 0.717) is 11.9 Å². The first-order valence-electron chi connectivity index (χ1n) is 4.62. The average Bonchev–Trinajstić information content (AvgIpc) is 3.03. The van der Waals surface area contributed by atoms with Gasteiger partial charge in [0.25, 0.3) is 5.95 Å². The second kappa shape index (κ2) is 3.54. The van der Waals surface area contributed by atoms with E-state index in [1.807, 2.05) is 24.5 Å². The van der Waals surface area contributed by atoms with Gasteiger partial charge in [-0.1, -0.05) is 5.21 Å². The summed E-state index contributed by atoms with van der Waals surface area (Å²) in [7, 11) is 0. The minimum Gasteiger partial charge on any atom is -0.293 e. The van der Waals surface area contributed by atoms with Crippen LogP contribution in [0.2, 0.25) is 0 Å². The summed E-state index contributed by atoms with van der Waals surface area (Å²) in [4.78, 5) is 12.3. The second-order valence-electron chi connectivity index (χ2n) is 3.02. The van der Waals surface area contributed by atoms with E-state index in [1.165, 1.54) is 11.0 Å². The first kappa shape index (κ1) is 8.72. The lowest BCUT2D eigenvalue weighted by Gasteiger charge is -2.01. The summed E-state index contributed by atoms with van der Waals surface area (Å²) in [6.45, 7) is 0. The maximum absolute atomic E-state index is 4.26. The molecule has 0 atom stereocenters. The lowest BCUT2D eigenvalue weighted by molar-refractivity contribution is 0.735. The van der Waals surface area contributed by atoms with Crippen molar-refractivity contribution >= 4 is 0 Å². The van der Waals surface area contributed by atoms with Crippen molar-refractivity contribution in [2.24, 2.45) is 0 Å². The normalized spacial score (nSPS) is 10.5. The SMILES string of the molecule is c1ccn(-c2ncnc(-n3ccnn3)n2)c1. The molecule has 78 valence electrons. The lowest BCUT2D eigenvalue weighted by atomic mass is 10.7. The first-order chi connectivity index (χ1) is 7.93. The Morgan fingerprint density at radius 2 is 1.75 bits per heavy atom. The van der Waals surface area contributed by atoms with Crippen LogP contribution in [0.15, 0.2) is 43.2 Å². The molecule has 0 aromatic carbocycles. The number of hydrogen-bond donors (Lipinski definition) is 0. The van der Waals surface area contributed by atoms with Crippen LogP contribution < -0.4 is 0 Å². The summed E-state index contributed by atoms with van der Waals surface area (Å²) in [5.74, 6) is 0.988. The fourth-order valence-electron chi connectivity index (χ4n) is 1.30. The van der Waals surface area contributed by atoms with Crippen LogP contribution >= 0.6 is 0 Å². The van der Waals surface area contributed by atoms with Crippen LogP contribution in [-0.2, 0) is 0 Å². The highest BCUT2D eigenvalue weighted by Crippen LogP contribution is 2.02. The van der Waals surface area contributed by atoms with E-state index in [0.717, 1.165) is 0 Å². The third kappa shape index (κ3) is 1.44. The number of nitrogens with zero attached hydrogens (tertiary/aromatic N) is 7. The Labute approximate surface area is 90.4 Å². The Bertz CT molecular complexity index is 520. The first-order valence-corrected chi connectivity index (χ1v) is 4.62. The van der Waals surface area contributed by atoms with Crippen LogP contribution in [0, 0.1) is 0 Å². The smallest absolute Gasteiger partial charge is 0.256 e. The van der Waals surface area contributed by atoms with Crippen LogP contribution in [-0.4, -0.2) is 34.5 Å². The molecule has 0 radical (unpaired) electrons. The fourth-order valence-corrected chi connectivity index (χ4v) is 1.30. The van der Waals surface area contributed by atoms with Gasteiger partial charge < -0.3 is 0 Å². The molecule has 3 aromatic heterocycles. The van der Waals surface area contributed by atoms with Gasteiger partial charge in [-0.05, 0) is 12.1 Å². The maximum Gasteiger partial charge on any atom is 0.256 e. The van der Waals surface area contributed by atoms with Crippen molar-refractivity contribution in [1.29, 1.82) is 0 Å². The van der Waals surface area contributed by atoms with Crippen molar-refractivity contribution in [3.8, 4) is 11.9 Å². The van der Waals surface area contributed by atoms with Crippen LogP contribution in [0.1, 0.15) is 0 Å². The summed E-state index contributed by atoms with van der Waals surface area (Å²) in [5.41, 5.74) is 0. The predicted molar refractivity (Wildman–Crippen MR) is 54.1 cm³/mol. The quantitative estimate of drug-likeness (QED) is 0.609. The van der Waals surface area contributed by atoms with E-state index in [2.05, 4.69) is 25.3 Å². The zero-order valence-electron chi connectivity index (χ0n) is 8.17. The largest absolute Gasteiger partial charge is 0.293 e. The highest BCUT2D eigenvalue weighted by atomic mass is 15.5. The highest BCUT2D eigenvalue weighted by Gasteiger charge is 2.04. The molecule has 0 aliphatic rings. The van der Waals surface area contributed by atoms with Crippen molar-refractivity contribution in [2.45, 2.75) is 0 Å². The number of hydrogen-bond acceptors (Lipinski definition) is 5. The zero-order valence-corrected chi connectivity index (χ0v) is 8.17. The fraction of sp³-hybridized carbons (Fsp3) is 0. The zero-order chi connectivity index (χ0) is 10.8. The molecule has 0 bridgehead atoms. The molecule has 0 saturated heterocycles. The Balaban J connectivity index is 2.07. The molecule has 0 spiro atoms. The Morgan fingerprint density at radius 3 is 2.50 bits per heavy atom. The van der Waals surface area contributed by atoms with E-state index in [1.54, 1.807) is 17.0 Å². The van der Waals surface area contributed by atoms with Gasteiger partial charge in [0.1, 0.15) is 6.33 Å². The molecule has 0 unspecified atom stereocenters. The molecule has 7 nitrogen and oxygen atoms in total. The average molecular weight is 213 g/mol. The van der Waals surface area contributed by atoms with E-state index in [4.69, 9.17) is 0 Å². The van der Waals surface area contributed by atoms with Gasteiger partial charge in [-0.2, -0.15) is 14.6 Å². The summed E-state index contributed by atoms with van der Waals surface area (Å²) in [5, 5.41) is 7.51. The van der Waals surface area contributed by atoms with E-state index in [-0.39, 0.29) is 0 Å². The minimum absolute atomic E-state index is 0.441. The number of rotatable bonds is 2. The summed E-state index contributed by atoms with van der Waals surface area (Å²) in [6.07, 6.45) is 8.41. The molecular formula is C9H7N7. The van der Waals surface area contributed by atoms with Gasteiger partial charge in [-0.3, -0.25) is 4.57 Å². The lowest BCUT2D eigenvalue weighted by Crippen LogP contribution is -2.07. The maximum atomic E-state index is 4.26. The summed E-state index contributed by atoms with van der Waals surface area (Å²) < 4.78 is 3.27. The van der Waals surface area contributed by atoms with Crippen LogP contribution in [0.3, 0.4) is 0 Å². The highest BCUT2D eigenvalue weighted by molar-refractivity contribution is 5.17. The van der Waals surface area contributed by atoms with Crippen molar-refractivity contribution in [2.75, 3.05) is 0 Å². The van der Waals surface area contributed by atoms with Crippen molar-refractivity contribution in [3.05, 3.63) is 43.2 Å². The van der Waals surface area contributed by atoms with Gasteiger partial charge >= 0.3 is 0 Å². The van der Waals surface area contributed by atoms with Crippen molar-refractivity contribution < 1.29 is 0 Å². The van der Waals surface area contributed by atoms with Crippen LogP contribution in [0.4, 0.5) is 0 Å². The van der Waals surface area contributed by atoms with Gasteiger partial charge in [0, 0.05) is 12.4 Å². The monoisotopic (exact) mass is 213 g/mol. The number of aromatic nitrogens is 7. The molecule has 7 heteroatoms. The molecule has 0 aliphatic heterocycles. The standard InChI is InChI=1S/C9H7N7/c1-2-5-15(4-1)8-10-7-11-9(13-8)16-6-3-12-14-16/h1-7H. The van der Waals surface area contributed by atoms with Gasteiger partial charge in [0.15, 0.2) is 0 Å². The molecule has 0 amide bonds. The Hall–Kier alpha value is -2.57. The van der Waals surface area contributed by atoms with Crippen molar-refractivity contribution in [3.63, 3.8) is 0 Å². The van der Waals surface area contributed by atoms with Gasteiger partial charge in [-0.25, -0.2) is 4.98 Å². The van der Waals surface area contributed by atoms with Crippen LogP contribution in [0.25, 0.3) is 11.9 Å². The van der Waals surface area contributed by atoms with Crippen molar-refractivity contribution in [1.82, 2.24) is 34.5 Å². The third-order valence-electron chi connectivity index (χ3n) is 2.01. The molecule has 0 fully saturated rings. The molecular weight excluding hydrogens is 206 g/mol. The molecule has 3 heterocycles. The molecule has 16 heavy (non-hydrogen) atoms. The molecule has 3 rings (SSSR count). The minimum atomic E-state index is 0.441. The Morgan fingerprint density at radius 1 is 0.938 bits per heavy atom. The van der Waals surface area contributed by atoms with E-state index in [9.17, 15) is 0 Å². The van der Waals surface area contributed by atoms with Gasteiger partial charge in [0.2, 0.25) is 5.95 Å². The topological polar surface area (TPSA) is 74.3 Å². The summed E-state index contributed by atoms with van der Waals surface area (Å²) in [6, 6.07) is 3.80. The third-order valence-corrected chi connectivity index (χ3v) is 2.01. The molecule has 0 N–H and O–H groups in total. The van der Waals surface area contributed by atoms with Gasteiger partial charge in [0.05, 0.1) is 12.4 Å². The molecule has 3 aromatic rings. The van der Waals surface area contributed by atoms with Crippen LogP contribution in [0.5, 0.6) is 0 Å². The predicted octanol–water partition coefficient (Wildman–Crippen LogP) is 0.243. The molecule has 0 aliphatic carbocycles. The second-order valence-corrected chi connectivity index (χ2v) is 3.02. The molecule has 0 saturated carbocycles. The Kier molecular flexibility index (Phi) is 1.93. The van der Waals surface area contributed by atoms with E-state index < -0.39 is 0 Å². The van der Waals surface area contributed by atoms with E-state index >= 15 is 0 Å². The van der Waals surface area contributed by atoms with Gasteiger partial charge in [-0.15, -0.1) is 5.10 Å². The summed E-state index contributed by atoms with van der Waals surface area (Å²) >= 11 is 0.